The summed E-state index contributed by atoms with van der Waals surface area (Å²) in [6.07, 6.45) is -0.819. The van der Waals surface area contributed by atoms with Gasteiger partial charge in [-0.2, -0.15) is 0 Å². The molecule has 23 heavy (non-hydrogen) atoms. The van der Waals surface area contributed by atoms with Crippen molar-refractivity contribution in [3.63, 3.8) is 0 Å². The number of guanidine groups is 1. The average molecular weight is 332 g/mol. The maximum atomic E-state index is 12.0. The number of hydrogen-bond acceptors (Lipinski definition) is 6. The fraction of sp³-hybridized carbons (Fsp3) is 0.667. The van der Waals surface area contributed by atoms with E-state index < -0.39 is 36.0 Å². The first-order valence-corrected chi connectivity index (χ1v) is 6.95. The Hall–Kier alpha value is -2.40. The van der Waals surface area contributed by atoms with Crippen LogP contribution in [0.2, 0.25) is 0 Å². The molecule has 0 rings (SSSR count). The summed E-state index contributed by atoms with van der Waals surface area (Å²) in [5.74, 6) is -2.83. The van der Waals surface area contributed by atoms with Gasteiger partial charge in [-0.15, -0.1) is 0 Å². The van der Waals surface area contributed by atoms with Crippen molar-refractivity contribution in [3.8, 4) is 0 Å². The van der Waals surface area contributed by atoms with Gasteiger partial charge in [0.1, 0.15) is 12.1 Å². The Morgan fingerprint density at radius 2 is 1.83 bits per heavy atom. The van der Waals surface area contributed by atoms with Gasteiger partial charge in [0, 0.05) is 6.54 Å². The summed E-state index contributed by atoms with van der Waals surface area (Å²) in [7, 11) is 0. The molecule has 0 saturated carbocycles. The SMILES string of the molecule is C[C@@H](O)[C@H](NC(=O)CN)C(=O)N[C@@H](CCCN=C(N)N)C(=O)O. The van der Waals surface area contributed by atoms with E-state index in [1.165, 1.54) is 6.92 Å². The van der Waals surface area contributed by atoms with Crippen LogP contribution in [-0.2, 0) is 14.4 Å². The van der Waals surface area contributed by atoms with Crippen LogP contribution < -0.4 is 27.8 Å². The Labute approximate surface area is 133 Å². The third kappa shape index (κ3) is 8.58. The van der Waals surface area contributed by atoms with E-state index in [1.807, 2.05) is 0 Å². The molecule has 0 heterocycles. The maximum Gasteiger partial charge on any atom is 0.326 e. The predicted molar refractivity (Wildman–Crippen MR) is 82.1 cm³/mol. The number of aliphatic carboxylic acids is 1. The molecule has 11 nitrogen and oxygen atoms in total. The highest BCUT2D eigenvalue weighted by Crippen LogP contribution is 2.01. The standard InChI is InChI=1S/C12H24N6O5/c1-6(19)9(18-8(20)5-13)10(21)17-7(11(22)23)3-2-4-16-12(14)15/h6-7,9,19H,2-5,13H2,1H3,(H,17,21)(H,18,20)(H,22,23)(H4,14,15,16)/t6-,7+,9+/m1/s1. The summed E-state index contributed by atoms with van der Waals surface area (Å²) in [5.41, 5.74) is 15.4. The van der Waals surface area contributed by atoms with Gasteiger partial charge in [-0.05, 0) is 19.8 Å². The third-order valence-electron chi connectivity index (χ3n) is 2.83. The van der Waals surface area contributed by atoms with Crippen molar-refractivity contribution in [1.29, 1.82) is 0 Å². The van der Waals surface area contributed by atoms with Crippen molar-refractivity contribution in [2.75, 3.05) is 13.1 Å². The number of aliphatic imine (C=N–C) groups is 1. The molecule has 0 bridgehead atoms. The zero-order valence-electron chi connectivity index (χ0n) is 12.9. The summed E-state index contributed by atoms with van der Waals surface area (Å²) in [5, 5.41) is 23.1. The zero-order chi connectivity index (χ0) is 18.0. The molecule has 0 aliphatic rings. The highest BCUT2D eigenvalue weighted by atomic mass is 16.4. The van der Waals surface area contributed by atoms with Crippen LogP contribution in [0.15, 0.2) is 4.99 Å². The minimum absolute atomic E-state index is 0.0786. The Bertz CT molecular complexity index is 449. The Morgan fingerprint density at radius 3 is 2.26 bits per heavy atom. The van der Waals surface area contributed by atoms with Gasteiger partial charge in [0.15, 0.2) is 5.96 Å². The average Bonchev–Trinajstić information content (AvgIpc) is 2.46. The van der Waals surface area contributed by atoms with E-state index in [1.54, 1.807) is 0 Å². The second-order valence-corrected chi connectivity index (χ2v) is 4.84. The van der Waals surface area contributed by atoms with Gasteiger partial charge >= 0.3 is 5.97 Å². The number of amides is 2. The largest absolute Gasteiger partial charge is 0.480 e. The molecular weight excluding hydrogens is 308 g/mol. The highest BCUT2D eigenvalue weighted by molar-refractivity contribution is 5.91. The normalized spacial score (nSPS) is 14.2. The molecule has 10 N–H and O–H groups in total. The summed E-state index contributed by atoms with van der Waals surface area (Å²) in [4.78, 5) is 38.1. The molecule has 3 atom stereocenters. The van der Waals surface area contributed by atoms with Crippen LogP contribution in [-0.4, -0.2) is 65.2 Å². The molecule has 0 fully saturated rings. The minimum Gasteiger partial charge on any atom is -0.480 e. The van der Waals surface area contributed by atoms with E-state index in [0.717, 1.165) is 0 Å². The van der Waals surface area contributed by atoms with Crippen LogP contribution in [0.25, 0.3) is 0 Å². The molecule has 0 aliphatic heterocycles. The molecule has 0 aliphatic carbocycles. The first-order chi connectivity index (χ1) is 10.7. The van der Waals surface area contributed by atoms with Crippen molar-refractivity contribution in [2.24, 2.45) is 22.2 Å². The number of hydrogen-bond donors (Lipinski definition) is 7. The van der Waals surface area contributed by atoms with E-state index in [-0.39, 0.29) is 25.5 Å². The molecule has 0 aromatic carbocycles. The number of carboxylic acid groups (broad SMARTS) is 1. The van der Waals surface area contributed by atoms with Gasteiger partial charge in [0.25, 0.3) is 0 Å². The first-order valence-electron chi connectivity index (χ1n) is 6.95. The van der Waals surface area contributed by atoms with Crippen molar-refractivity contribution in [2.45, 2.75) is 38.0 Å². The van der Waals surface area contributed by atoms with Crippen molar-refractivity contribution < 1.29 is 24.6 Å². The predicted octanol–water partition coefficient (Wildman–Crippen LogP) is -3.57. The fourth-order valence-electron chi connectivity index (χ4n) is 1.66. The molecule has 0 radical (unpaired) electrons. The molecular formula is C12H24N6O5. The molecule has 0 aromatic rings. The number of carbonyl (C=O) groups excluding carboxylic acids is 2. The monoisotopic (exact) mass is 332 g/mol. The number of carbonyl (C=O) groups is 3. The van der Waals surface area contributed by atoms with Crippen molar-refractivity contribution >= 4 is 23.7 Å². The number of aliphatic hydroxyl groups excluding tert-OH is 1. The molecule has 0 unspecified atom stereocenters. The molecule has 132 valence electrons. The number of nitrogens with two attached hydrogens (primary N) is 3. The second-order valence-electron chi connectivity index (χ2n) is 4.84. The van der Waals surface area contributed by atoms with Gasteiger partial charge in [-0.3, -0.25) is 14.6 Å². The van der Waals surface area contributed by atoms with Crippen LogP contribution in [0.5, 0.6) is 0 Å². The van der Waals surface area contributed by atoms with Crippen LogP contribution in [0, 0.1) is 0 Å². The fourth-order valence-corrected chi connectivity index (χ4v) is 1.66. The third-order valence-corrected chi connectivity index (χ3v) is 2.83. The van der Waals surface area contributed by atoms with E-state index in [4.69, 9.17) is 22.3 Å². The van der Waals surface area contributed by atoms with Gasteiger partial charge < -0.3 is 38.0 Å². The summed E-state index contributed by atoms with van der Waals surface area (Å²) in [6, 6.07) is -2.50. The van der Waals surface area contributed by atoms with Crippen LogP contribution in [0.1, 0.15) is 19.8 Å². The Kier molecular flexibility index (Phi) is 9.27. The molecule has 0 aromatic heterocycles. The van der Waals surface area contributed by atoms with Crippen LogP contribution >= 0.6 is 0 Å². The second kappa shape index (κ2) is 10.3. The summed E-state index contributed by atoms with van der Waals surface area (Å²) in [6.45, 7) is 1.14. The highest BCUT2D eigenvalue weighted by Gasteiger charge is 2.29. The lowest BCUT2D eigenvalue weighted by Crippen LogP contribution is -2.56. The van der Waals surface area contributed by atoms with Crippen molar-refractivity contribution in [3.05, 3.63) is 0 Å². The minimum atomic E-state index is -1.30. The lowest BCUT2D eigenvalue weighted by Gasteiger charge is -2.23. The van der Waals surface area contributed by atoms with E-state index in [0.29, 0.717) is 6.42 Å². The van der Waals surface area contributed by atoms with Crippen LogP contribution in [0.3, 0.4) is 0 Å². The van der Waals surface area contributed by atoms with Gasteiger partial charge in [0.2, 0.25) is 11.8 Å². The summed E-state index contributed by atoms with van der Waals surface area (Å²) >= 11 is 0. The maximum absolute atomic E-state index is 12.0. The molecule has 11 heteroatoms. The smallest absolute Gasteiger partial charge is 0.326 e. The molecule has 2 amide bonds. The van der Waals surface area contributed by atoms with E-state index in [2.05, 4.69) is 15.6 Å². The lowest BCUT2D eigenvalue weighted by molar-refractivity contribution is -0.143. The van der Waals surface area contributed by atoms with Crippen LogP contribution in [0.4, 0.5) is 0 Å². The molecule has 0 saturated heterocycles. The Balaban J connectivity index is 4.70. The van der Waals surface area contributed by atoms with E-state index in [9.17, 15) is 19.5 Å². The van der Waals surface area contributed by atoms with E-state index >= 15 is 0 Å². The number of nitrogens with zero attached hydrogens (tertiary/aromatic N) is 1. The quantitative estimate of drug-likeness (QED) is 0.121. The van der Waals surface area contributed by atoms with Gasteiger partial charge in [-0.25, -0.2) is 4.79 Å². The van der Waals surface area contributed by atoms with Crippen molar-refractivity contribution in [1.82, 2.24) is 10.6 Å². The van der Waals surface area contributed by atoms with Gasteiger partial charge in [0.05, 0.1) is 12.6 Å². The Morgan fingerprint density at radius 1 is 1.22 bits per heavy atom. The zero-order valence-corrected chi connectivity index (χ0v) is 12.9. The van der Waals surface area contributed by atoms with Gasteiger partial charge in [-0.1, -0.05) is 0 Å². The number of rotatable bonds is 10. The number of carboxylic acids is 1. The lowest BCUT2D eigenvalue weighted by atomic mass is 10.1. The summed E-state index contributed by atoms with van der Waals surface area (Å²) < 4.78 is 0. The topological polar surface area (TPSA) is 206 Å². The molecule has 0 spiro atoms. The number of nitrogens with one attached hydrogen (secondary N) is 2. The first kappa shape index (κ1) is 20.6. The number of aliphatic hydroxyl groups is 1.